The van der Waals surface area contributed by atoms with Crippen LogP contribution in [0, 0.1) is 5.82 Å². The van der Waals surface area contributed by atoms with Crippen molar-refractivity contribution in [3.63, 3.8) is 0 Å². The van der Waals surface area contributed by atoms with Crippen molar-refractivity contribution in [3.8, 4) is 5.75 Å². The van der Waals surface area contributed by atoms with E-state index in [1.165, 1.54) is 24.3 Å². The van der Waals surface area contributed by atoms with Crippen molar-refractivity contribution < 1.29 is 18.7 Å². The van der Waals surface area contributed by atoms with E-state index < -0.39 is 17.5 Å². The van der Waals surface area contributed by atoms with Gasteiger partial charge >= 0.3 is 0 Å². The monoisotopic (exact) mass is 402 g/mol. The maximum Gasteiger partial charge on any atom is 0.296 e. The fourth-order valence-electron chi connectivity index (χ4n) is 3.34. The fourth-order valence-corrected chi connectivity index (χ4v) is 3.34. The van der Waals surface area contributed by atoms with E-state index in [2.05, 4.69) is 5.32 Å². The lowest BCUT2D eigenvalue weighted by molar-refractivity contribution is -0.112. The number of anilines is 1. The van der Waals surface area contributed by atoms with Gasteiger partial charge < -0.3 is 14.6 Å². The number of halogens is 1. The first kappa shape index (κ1) is 19.4. The summed E-state index contributed by atoms with van der Waals surface area (Å²) in [6.07, 6.45) is 1.68. The summed E-state index contributed by atoms with van der Waals surface area (Å²) in [6, 6.07) is 20.5. The number of fused-ring (bicyclic) bond motifs is 1. The van der Waals surface area contributed by atoms with Crippen LogP contribution in [0.1, 0.15) is 15.9 Å². The van der Waals surface area contributed by atoms with Gasteiger partial charge in [0.05, 0.1) is 12.7 Å². The van der Waals surface area contributed by atoms with Crippen LogP contribution >= 0.6 is 0 Å². The minimum absolute atomic E-state index is 0.277. The van der Waals surface area contributed by atoms with Gasteiger partial charge in [-0.05, 0) is 48.0 Å². The van der Waals surface area contributed by atoms with Gasteiger partial charge in [0.25, 0.3) is 11.7 Å². The van der Waals surface area contributed by atoms with Crippen LogP contribution in [0.25, 0.3) is 10.9 Å². The SMILES string of the molecule is COc1ccc2c(c1)c(C(=O)C(=O)Nc1ccc(F)cc1)cn2Cc1ccccc1. The third kappa shape index (κ3) is 3.93. The van der Waals surface area contributed by atoms with Gasteiger partial charge in [0.15, 0.2) is 0 Å². The van der Waals surface area contributed by atoms with E-state index in [0.29, 0.717) is 23.4 Å². The number of hydrogen-bond acceptors (Lipinski definition) is 3. The maximum atomic E-state index is 13.1. The first-order chi connectivity index (χ1) is 14.5. The highest BCUT2D eigenvalue weighted by molar-refractivity contribution is 6.48. The Kier molecular flexibility index (Phi) is 5.30. The Morgan fingerprint density at radius 1 is 1.00 bits per heavy atom. The number of ether oxygens (including phenoxy) is 1. The average molecular weight is 402 g/mol. The normalized spacial score (nSPS) is 10.7. The van der Waals surface area contributed by atoms with Gasteiger partial charge in [-0.2, -0.15) is 0 Å². The molecule has 30 heavy (non-hydrogen) atoms. The highest BCUT2D eigenvalue weighted by Gasteiger charge is 2.22. The molecule has 0 saturated carbocycles. The molecule has 0 atom stereocenters. The van der Waals surface area contributed by atoms with Crippen LogP contribution in [0.3, 0.4) is 0 Å². The molecule has 0 aliphatic heterocycles. The molecular weight excluding hydrogens is 383 g/mol. The minimum atomic E-state index is -0.789. The first-order valence-corrected chi connectivity index (χ1v) is 9.37. The Balaban J connectivity index is 1.70. The topological polar surface area (TPSA) is 60.3 Å². The Hall–Kier alpha value is -3.93. The van der Waals surface area contributed by atoms with Crippen molar-refractivity contribution in [2.24, 2.45) is 0 Å². The molecule has 0 radical (unpaired) electrons. The van der Waals surface area contributed by atoms with Crippen molar-refractivity contribution in [3.05, 3.63) is 95.9 Å². The van der Waals surface area contributed by atoms with Crippen molar-refractivity contribution >= 4 is 28.3 Å². The van der Waals surface area contributed by atoms with Crippen molar-refractivity contribution in [1.82, 2.24) is 4.57 Å². The highest BCUT2D eigenvalue weighted by atomic mass is 19.1. The molecule has 1 N–H and O–H groups in total. The third-order valence-electron chi connectivity index (χ3n) is 4.84. The van der Waals surface area contributed by atoms with Gasteiger partial charge in [0.1, 0.15) is 11.6 Å². The summed E-state index contributed by atoms with van der Waals surface area (Å²) in [5, 5.41) is 3.15. The van der Waals surface area contributed by atoms with E-state index in [9.17, 15) is 14.0 Å². The summed E-state index contributed by atoms with van der Waals surface area (Å²) in [6.45, 7) is 0.552. The Morgan fingerprint density at radius 3 is 2.43 bits per heavy atom. The molecule has 1 heterocycles. The predicted molar refractivity (Wildman–Crippen MR) is 113 cm³/mol. The van der Waals surface area contributed by atoms with Crippen LogP contribution in [0.4, 0.5) is 10.1 Å². The summed E-state index contributed by atoms with van der Waals surface area (Å²) >= 11 is 0. The maximum absolute atomic E-state index is 13.1. The second-order valence-corrected chi connectivity index (χ2v) is 6.83. The molecule has 1 aromatic heterocycles. The quantitative estimate of drug-likeness (QED) is 0.377. The second kappa shape index (κ2) is 8.21. The van der Waals surface area contributed by atoms with Crippen LogP contribution in [0.15, 0.2) is 79.0 Å². The molecule has 0 bridgehead atoms. The van der Waals surface area contributed by atoms with Crippen molar-refractivity contribution in [2.75, 3.05) is 12.4 Å². The van der Waals surface area contributed by atoms with E-state index in [1.54, 1.807) is 19.4 Å². The largest absolute Gasteiger partial charge is 0.497 e. The molecule has 0 fully saturated rings. The minimum Gasteiger partial charge on any atom is -0.497 e. The number of nitrogens with zero attached hydrogens (tertiary/aromatic N) is 1. The van der Waals surface area contributed by atoms with Crippen molar-refractivity contribution in [2.45, 2.75) is 6.54 Å². The zero-order valence-electron chi connectivity index (χ0n) is 16.3. The Bertz CT molecular complexity index is 1210. The third-order valence-corrected chi connectivity index (χ3v) is 4.84. The summed E-state index contributed by atoms with van der Waals surface area (Å²) in [7, 11) is 1.55. The van der Waals surface area contributed by atoms with E-state index in [0.717, 1.165) is 11.1 Å². The zero-order valence-corrected chi connectivity index (χ0v) is 16.3. The summed E-state index contributed by atoms with van der Waals surface area (Å²) in [4.78, 5) is 25.5. The van der Waals surface area contributed by atoms with E-state index in [4.69, 9.17) is 4.74 Å². The number of ketones is 1. The lowest BCUT2D eigenvalue weighted by Gasteiger charge is -2.06. The van der Waals surface area contributed by atoms with Gasteiger partial charge in [0.2, 0.25) is 0 Å². The molecule has 150 valence electrons. The van der Waals surface area contributed by atoms with Gasteiger partial charge in [-0.3, -0.25) is 9.59 Å². The van der Waals surface area contributed by atoms with Crippen LogP contribution in [0.2, 0.25) is 0 Å². The molecule has 0 unspecified atom stereocenters. The molecule has 0 aliphatic carbocycles. The number of carbonyl (C=O) groups is 2. The molecule has 0 saturated heterocycles. The average Bonchev–Trinajstić information content (AvgIpc) is 3.12. The van der Waals surface area contributed by atoms with Gasteiger partial charge in [-0.15, -0.1) is 0 Å². The summed E-state index contributed by atoms with van der Waals surface area (Å²) in [5.74, 6) is -1.30. The lowest BCUT2D eigenvalue weighted by Crippen LogP contribution is -2.22. The summed E-state index contributed by atoms with van der Waals surface area (Å²) in [5.41, 5.74) is 2.51. The van der Waals surface area contributed by atoms with Crippen molar-refractivity contribution in [1.29, 1.82) is 0 Å². The van der Waals surface area contributed by atoms with E-state index in [-0.39, 0.29) is 5.56 Å². The number of benzene rings is 3. The lowest BCUT2D eigenvalue weighted by atomic mass is 10.1. The zero-order chi connectivity index (χ0) is 21.1. The highest BCUT2D eigenvalue weighted by Crippen LogP contribution is 2.27. The molecule has 4 rings (SSSR count). The first-order valence-electron chi connectivity index (χ1n) is 9.37. The number of nitrogens with one attached hydrogen (secondary N) is 1. The smallest absolute Gasteiger partial charge is 0.296 e. The number of rotatable bonds is 6. The molecule has 6 heteroatoms. The number of carbonyl (C=O) groups excluding carboxylic acids is 2. The molecule has 5 nitrogen and oxygen atoms in total. The molecule has 1 amide bonds. The molecule has 3 aromatic carbocycles. The number of Topliss-reactive ketones (excluding diaryl/α,β-unsaturated/α-hetero) is 1. The number of hydrogen-bond donors (Lipinski definition) is 1. The van der Waals surface area contributed by atoms with Crippen LogP contribution < -0.4 is 10.1 Å². The van der Waals surface area contributed by atoms with Crippen LogP contribution in [-0.4, -0.2) is 23.4 Å². The number of amides is 1. The fraction of sp³-hybridized carbons (Fsp3) is 0.0833. The predicted octanol–water partition coefficient (Wildman–Crippen LogP) is 4.66. The Labute approximate surface area is 172 Å². The molecule has 0 spiro atoms. The summed E-state index contributed by atoms with van der Waals surface area (Å²) < 4.78 is 20.3. The van der Waals surface area contributed by atoms with Crippen LogP contribution in [0.5, 0.6) is 5.75 Å². The van der Waals surface area contributed by atoms with Gasteiger partial charge in [-0.25, -0.2) is 4.39 Å². The van der Waals surface area contributed by atoms with E-state index in [1.807, 2.05) is 47.0 Å². The van der Waals surface area contributed by atoms with E-state index >= 15 is 0 Å². The number of aromatic nitrogens is 1. The molecular formula is C24H19FN2O3. The molecule has 4 aromatic rings. The second-order valence-electron chi connectivity index (χ2n) is 6.83. The standard InChI is InChI=1S/C24H19FN2O3/c1-30-19-11-12-22-20(13-19)21(15-27(22)14-16-5-3-2-4-6-16)23(28)24(29)26-18-9-7-17(25)8-10-18/h2-13,15H,14H2,1H3,(H,26,29). The van der Waals surface area contributed by atoms with Crippen LogP contribution in [-0.2, 0) is 11.3 Å². The van der Waals surface area contributed by atoms with Gasteiger partial charge in [0, 0.05) is 29.3 Å². The molecule has 0 aliphatic rings. The van der Waals surface area contributed by atoms with Gasteiger partial charge in [-0.1, -0.05) is 30.3 Å². The Morgan fingerprint density at radius 2 is 1.73 bits per heavy atom. The number of methoxy groups -OCH3 is 1.